The summed E-state index contributed by atoms with van der Waals surface area (Å²) in [4.78, 5) is 41.2. The monoisotopic (exact) mass is 835 g/mol. The van der Waals surface area contributed by atoms with E-state index >= 15 is 0 Å². The zero-order chi connectivity index (χ0) is 43.2. The van der Waals surface area contributed by atoms with Gasteiger partial charge in [0.05, 0.1) is 34.8 Å². The van der Waals surface area contributed by atoms with Gasteiger partial charge in [0, 0.05) is 51.4 Å². The van der Waals surface area contributed by atoms with Crippen LogP contribution in [-0.4, -0.2) is 33.7 Å². The molecule has 9 heteroatoms. The van der Waals surface area contributed by atoms with Gasteiger partial charge in [-0.3, -0.25) is 15.0 Å². The van der Waals surface area contributed by atoms with Gasteiger partial charge in [-0.25, -0.2) is 9.59 Å². The Bertz CT molecular complexity index is 3160. The maximum absolute atomic E-state index is 13.7. The first-order valence-corrected chi connectivity index (χ1v) is 20.6. The summed E-state index contributed by atoms with van der Waals surface area (Å²) in [5.41, 5.74) is 5.98. The van der Waals surface area contributed by atoms with Crippen molar-refractivity contribution in [3.63, 3.8) is 0 Å². The number of pyridine rings is 3. The van der Waals surface area contributed by atoms with Crippen molar-refractivity contribution in [1.29, 1.82) is 0 Å². The van der Waals surface area contributed by atoms with Gasteiger partial charge in [0.1, 0.15) is 17.2 Å². The lowest BCUT2D eigenvalue weighted by molar-refractivity contribution is 0.00501. The Morgan fingerprint density at radius 1 is 0.391 bits per heavy atom. The molecule has 64 heavy (non-hydrogen) atoms. The summed E-state index contributed by atoms with van der Waals surface area (Å²) in [7, 11) is 0. The molecule has 0 aliphatic rings. The number of fused-ring (bicyclic) bond motifs is 3. The van der Waals surface area contributed by atoms with E-state index in [4.69, 9.17) is 18.9 Å². The molecule has 0 aliphatic carbocycles. The summed E-state index contributed by atoms with van der Waals surface area (Å²) in [5.74, 6) is -0.0425. The highest BCUT2D eigenvalue weighted by Gasteiger charge is 2.18. The molecule has 0 spiro atoms. The number of benzene rings is 7. The van der Waals surface area contributed by atoms with E-state index in [1.165, 1.54) is 6.07 Å². The van der Waals surface area contributed by atoms with Gasteiger partial charge >= 0.3 is 11.9 Å². The van der Waals surface area contributed by atoms with Crippen LogP contribution in [0.3, 0.4) is 0 Å². The lowest BCUT2D eigenvalue weighted by atomic mass is 10.1. The second-order valence-corrected chi connectivity index (χ2v) is 15.1. The predicted octanol–water partition coefficient (Wildman–Crippen LogP) is 12.3. The SMILES string of the molecule is O=C(Oc1ccc(-c2cc3ccccc3cn2)cc1)c1cc(COCOc2ccc(-c3cc4ccccc4cn3)cc2)cc(C(=O)Oc2ccc(-c3cc4ccccc4cn3)cc2)c1. The van der Waals surface area contributed by atoms with Gasteiger partial charge < -0.3 is 18.9 Å². The number of carbonyl (C=O) groups is 2. The first-order valence-electron chi connectivity index (χ1n) is 20.6. The molecule has 0 fully saturated rings. The van der Waals surface area contributed by atoms with Crippen molar-refractivity contribution in [1.82, 2.24) is 15.0 Å². The van der Waals surface area contributed by atoms with Crippen LogP contribution in [0.2, 0.25) is 0 Å². The van der Waals surface area contributed by atoms with Crippen LogP contribution in [0.1, 0.15) is 26.3 Å². The van der Waals surface area contributed by atoms with Gasteiger partial charge in [0.2, 0.25) is 0 Å². The summed E-state index contributed by atoms with van der Waals surface area (Å²) in [6, 6.07) is 56.8. The first-order chi connectivity index (χ1) is 31.5. The van der Waals surface area contributed by atoms with E-state index in [0.717, 1.165) is 66.1 Å². The molecular weight excluding hydrogens is 799 g/mol. The molecule has 0 radical (unpaired) electrons. The standard InChI is InChI=1S/C55H37N3O6/c59-54(63-49-21-15-38(16-22-49)52-29-41-8-2-5-11-44(41)32-57-52)46-25-36(34-61-35-62-48-19-13-37(14-20-48)51-28-40-7-1-4-10-43(40)31-56-51)26-47(27-46)55(60)64-50-23-17-39(18-24-50)53-30-42-9-3-6-12-45(42)33-58-53/h1-33H,34-35H2. The highest BCUT2D eigenvalue weighted by molar-refractivity contribution is 5.97. The van der Waals surface area contributed by atoms with Crippen LogP contribution in [0.25, 0.3) is 66.1 Å². The van der Waals surface area contributed by atoms with Crippen molar-refractivity contribution >= 4 is 44.3 Å². The second kappa shape index (κ2) is 17.8. The van der Waals surface area contributed by atoms with E-state index in [-0.39, 0.29) is 24.5 Å². The van der Waals surface area contributed by atoms with Crippen LogP contribution in [0, 0.1) is 0 Å². The van der Waals surface area contributed by atoms with Gasteiger partial charge in [-0.1, -0.05) is 72.8 Å². The Kier molecular flexibility index (Phi) is 11.0. The maximum Gasteiger partial charge on any atom is 0.343 e. The van der Waals surface area contributed by atoms with E-state index in [0.29, 0.717) is 22.8 Å². The fourth-order valence-corrected chi connectivity index (χ4v) is 7.45. The van der Waals surface area contributed by atoms with E-state index in [2.05, 4.69) is 27.1 Å². The summed E-state index contributed by atoms with van der Waals surface area (Å²) < 4.78 is 23.4. The Hall–Kier alpha value is -8.53. The smallest absolute Gasteiger partial charge is 0.343 e. The van der Waals surface area contributed by atoms with Gasteiger partial charge in [-0.05, 0) is 131 Å². The van der Waals surface area contributed by atoms with Crippen molar-refractivity contribution in [2.75, 3.05) is 6.79 Å². The van der Waals surface area contributed by atoms with Gasteiger partial charge in [-0.15, -0.1) is 0 Å². The summed E-state index contributed by atoms with van der Waals surface area (Å²) in [5, 5.41) is 6.45. The van der Waals surface area contributed by atoms with Crippen molar-refractivity contribution in [3.05, 3.63) is 217 Å². The van der Waals surface area contributed by atoms with Crippen LogP contribution < -0.4 is 14.2 Å². The molecule has 0 N–H and O–H groups in total. The molecule has 9 nitrogen and oxygen atoms in total. The molecule has 308 valence electrons. The third-order valence-electron chi connectivity index (χ3n) is 10.8. The van der Waals surface area contributed by atoms with Crippen molar-refractivity contribution in [2.24, 2.45) is 0 Å². The van der Waals surface area contributed by atoms with Gasteiger partial charge in [0.25, 0.3) is 0 Å². The van der Waals surface area contributed by atoms with Crippen LogP contribution in [0.5, 0.6) is 17.2 Å². The zero-order valence-corrected chi connectivity index (χ0v) is 34.3. The number of carbonyl (C=O) groups excluding carboxylic acids is 2. The zero-order valence-electron chi connectivity index (χ0n) is 34.3. The average Bonchev–Trinajstić information content (AvgIpc) is 3.35. The molecule has 0 bridgehead atoms. The predicted molar refractivity (Wildman–Crippen MR) is 248 cm³/mol. The Morgan fingerprint density at radius 2 is 0.750 bits per heavy atom. The highest BCUT2D eigenvalue weighted by Crippen LogP contribution is 2.28. The van der Waals surface area contributed by atoms with E-state index < -0.39 is 11.9 Å². The van der Waals surface area contributed by atoms with E-state index in [1.54, 1.807) is 36.4 Å². The van der Waals surface area contributed by atoms with Crippen LogP contribution >= 0.6 is 0 Å². The third-order valence-corrected chi connectivity index (χ3v) is 10.8. The number of esters is 2. The molecule has 0 aliphatic heterocycles. The number of ether oxygens (including phenoxy) is 4. The fourth-order valence-electron chi connectivity index (χ4n) is 7.45. The van der Waals surface area contributed by atoms with E-state index in [9.17, 15) is 9.59 Å². The largest absolute Gasteiger partial charge is 0.468 e. The minimum Gasteiger partial charge on any atom is -0.468 e. The van der Waals surface area contributed by atoms with Crippen molar-refractivity contribution in [2.45, 2.75) is 6.61 Å². The number of hydrogen-bond acceptors (Lipinski definition) is 9. The van der Waals surface area contributed by atoms with Crippen LogP contribution in [-0.2, 0) is 11.3 Å². The summed E-state index contributed by atoms with van der Waals surface area (Å²) >= 11 is 0. The second-order valence-electron chi connectivity index (χ2n) is 15.1. The summed E-state index contributed by atoms with van der Waals surface area (Å²) in [6.07, 6.45) is 5.55. The van der Waals surface area contributed by atoms with E-state index in [1.807, 2.05) is 146 Å². The summed E-state index contributed by atoms with van der Waals surface area (Å²) in [6.45, 7) is -0.0553. The van der Waals surface area contributed by atoms with Gasteiger partial charge in [-0.2, -0.15) is 0 Å². The lowest BCUT2D eigenvalue weighted by Gasteiger charge is -2.12. The molecule has 3 heterocycles. The van der Waals surface area contributed by atoms with Gasteiger partial charge in [0.15, 0.2) is 6.79 Å². The average molecular weight is 836 g/mol. The fraction of sp³-hybridized carbons (Fsp3) is 0.0364. The lowest BCUT2D eigenvalue weighted by Crippen LogP contribution is -2.14. The third kappa shape index (κ3) is 8.92. The molecule has 0 atom stereocenters. The molecule has 0 unspecified atom stereocenters. The van der Waals surface area contributed by atoms with Crippen molar-refractivity contribution in [3.8, 4) is 51.0 Å². The Balaban J connectivity index is 0.837. The molecule has 0 saturated heterocycles. The Morgan fingerprint density at radius 3 is 1.14 bits per heavy atom. The molecule has 10 rings (SSSR count). The number of rotatable bonds is 12. The Labute approximate surface area is 368 Å². The van der Waals surface area contributed by atoms with Crippen LogP contribution in [0.4, 0.5) is 0 Å². The number of aromatic nitrogens is 3. The highest BCUT2D eigenvalue weighted by atomic mass is 16.7. The normalized spacial score (nSPS) is 11.1. The molecule has 10 aromatic rings. The quantitative estimate of drug-likeness (QED) is 0.0514. The molecular formula is C55H37N3O6. The molecule has 7 aromatic carbocycles. The number of hydrogen-bond donors (Lipinski definition) is 0. The van der Waals surface area contributed by atoms with Crippen LogP contribution in [0.15, 0.2) is 201 Å². The number of nitrogens with zero attached hydrogens (tertiary/aromatic N) is 3. The minimum atomic E-state index is -0.656. The molecule has 0 amide bonds. The maximum atomic E-state index is 13.7. The molecule has 0 saturated carbocycles. The molecule has 3 aromatic heterocycles. The van der Waals surface area contributed by atoms with Crippen molar-refractivity contribution < 1.29 is 28.5 Å². The topological polar surface area (TPSA) is 110 Å². The minimum absolute atomic E-state index is 0.0292. The first kappa shape index (κ1) is 39.6.